The average Bonchev–Trinajstić information content (AvgIpc) is 3.25. The number of Topliss-reactive ketones (excluding diaryl/α,β-unsaturated/α-hetero) is 1. The molecule has 0 atom stereocenters. The molecular weight excluding hydrogens is 446 g/mol. The molecule has 4 rings (SSSR count). The first-order valence-corrected chi connectivity index (χ1v) is 11.8. The number of carbonyl (C=O) groups is 2. The molecule has 0 fully saturated rings. The predicted molar refractivity (Wildman–Crippen MR) is 136 cm³/mol. The zero-order chi connectivity index (χ0) is 23.9. The predicted octanol–water partition coefficient (Wildman–Crippen LogP) is 5.12. The normalized spacial score (nSPS) is 10.6. The molecule has 7 nitrogen and oxygen atoms in total. The van der Waals surface area contributed by atoms with Crippen LogP contribution in [-0.4, -0.2) is 32.2 Å². The van der Waals surface area contributed by atoms with Crippen LogP contribution < -0.4 is 10.6 Å². The number of benzene rings is 3. The van der Waals surface area contributed by atoms with Crippen LogP contribution in [0.2, 0.25) is 0 Å². The minimum atomic E-state index is -0.187. The number of ketones is 1. The summed E-state index contributed by atoms with van der Waals surface area (Å²) < 4.78 is 1.96. The van der Waals surface area contributed by atoms with E-state index in [2.05, 4.69) is 26.9 Å². The van der Waals surface area contributed by atoms with Gasteiger partial charge in [0.05, 0.1) is 12.3 Å². The van der Waals surface area contributed by atoms with Crippen LogP contribution in [0.1, 0.15) is 28.7 Å². The Morgan fingerprint density at radius 3 is 2.44 bits per heavy atom. The van der Waals surface area contributed by atoms with Gasteiger partial charge in [0.1, 0.15) is 0 Å². The summed E-state index contributed by atoms with van der Waals surface area (Å²) in [5.74, 6) is 0.659. The number of nitrogens with zero attached hydrogens (tertiary/aromatic N) is 3. The highest BCUT2D eigenvalue weighted by Gasteiger charge is 2.16. The Morgan fingerprint density at radius 2 is 1.68 bits per heavy atom. The maximum absolute atomic E-state index is 12.6. The van der Waals surface area contributed by atoms with Gasteiger partial charge in [-0.15, -0.1) is 10.2 Å². The van der Waals surface area contributed by atoms with Gasteiger partial charge in [-0.3, -0.25) is 14.2 Å². The second-order valence-corrected chi connectivity index (χ2v) is 8.71. The van der Waals surface area contributed by atoms with Crippen molar-refractivity contribution in [3.05, 3.63) is 95.8 Å². The monoisotopic (exact) mass is 471 g/mol. The molecule has 1 aromatic heterocycles. The van der Waals surface area contributed by atoms with E-state index in [9.17, 15) is 9.59 Å². The number of nitrogens with one attached hydrogen (secondary N) is 2. The average molecular weight is 472 g/mol. The first-order valence-electron chi connectivity index (χ1n) is 10.8. The van der Waals surface area contributed by atoms with Gasteiger partial charge in [-0.05, 0) is 55.8 Å². The van der Waals surface area contributed by atoms with Crippen LogP contribution >= 0.6 is 11.8 Å². The molecule has 3 aromatic carbocycles. The second kappa shape index (κ2) is 10.8. The molecular formula is C26H25N5O2S. The SMILES string of the molecule is CC(=O)c1cccc(NC(=O)CSc2nnc(CNc3cccc(C)c3)n2-c2ccccc2)c1. The molecule has 8 heteroatoms. The van der Waals surface area contributed by atoms with Crippen molar-refractivity contribution in [2.75, 3.05) is 16.4 Å². The van der Waals surface area contributed by atoms with Gasteiger partial charge in [0.25, 0.3) is 0 Å². The Morgan fingerprint density at radius 1 is 0.912 bits per heavy atom. The fraction of sp³-hybridized carbons (Fsp3) is 0.154. The van der Waals surface area contributed by atoms with Gasteiger partial charge < -0.3 is 10.6 Å². The Balaban J connectivity index is 1.48. The molecule has 0 aliphatic carbocycles. The highest BCUT2D eigenvalue weighted by molar-refractivity contribution is 7.99. The zero-order valence-corrected chi connectivity index (χ0v) is 19.8. The van der Waals surface area contributed by atoms with Crippen molar-refractivity contribution in [3.8, 4) is 5.69 Å². The highest BCUT2D eigenvalue weighted by atomic mass is 32.2. The first kappa shape index (κ1) is 23.3. The number of anilines is 2. The van der Waals surface area contributed by atoms with Gasteiger partial charge in [-0.1, -0.05) is 54.2 Å². The van der Waals surface area contributed by atoms with E-state index in [1.807, 2.05) is 60.0 Å². The molecule has 2 N–H and O–H groups in total. The van der Waals surface area contributed by atoms with Crippen LogP contribution in [0, 0.1) is 6.92 Å². The molecule has 1 amide bonds. The lowest BCUT2D eigenvalue weighted by Gasteiger charge is -2.12. The number of hydrogen-bond donors (Lipinski definition) is 2. The van der Waals surface area contributed by atoms with Crippen LogP contribution in [0.15, 0.2) is 84.0 Å². The largest absolute Gasteiger partial charge is 0.378 e. The Bertz CT molecular complexity index is 1300. The molecule has 0 bridgehead atoms. The lowest BCUT2D eigenvalue weighted by molar-refractivity contribution is -0.113. The lowest BCUT2D eigenvalue weighted by atomic mass is 10.1. The van der Waals surface area contributed by atoms with E-state index in [-0.39, 0.29) is 17.4 Å². The smallest absolute Gasteiger partial charge is 0.234 e. The molecule has 0 saturated carbocycles. The van der Waals surface area contributed by atoms with Crippen molar-refractivity contribution < 1.29 is 9.59 Å². The molecule has 4 aromatic rings. The van der Waals surface area contributed by atoms with E-state index in [0.29, 0.717) is 23.0 Å². The van der Waals surface area contributed by atoms with E-state index in [4.69, 9.17) is 0 Å². The number of carbonyl (C=O) groups excluding carboxylic acids is 2. The van der Waals surface area contributed by atoms with Crippen LogP contribution in [0.25, 0.3) is 5.69 Å². The Labute approximate surface area is 202 Å². The summed E-state index contributed by atoms with van der Waals surface area (Å²) in [6, 6.07) is 24.9. The maximum atomic E-state index is 12.6. The number of aryl methyl sites for hydroxylation is 1. The van der Waals surface area contributed by atoms with Gasteiger partial charge in [0.15, 0.2) is 16.8 Å². The lowest BCUT2D eigenvalue weighted by Crippen LogP contribution is -2.15. The first-order chi connectivity index (χ1) is 16.5. The molecule has 172 valence electrons. The van der Waals surface area contributed by atoms with E-state index < -0.39 is 0 Å². The van der Waals surface area contributed by atoms with Crippen molar-refractivity contribution in [1.82, 2.24) is 14.8 Å². The summed E-state index contributed by atoms with van der Waals surface area (Å²) in [5, 5.41) is 15.6. The summed E-state index contributed by atoms with van der Waals surface area (Å²) in [6.07, 6.45) is 0. The number of para-hydroxylation sites is 1. The summed E-state index contributed by atoms with van der Waals surface area (Å²) in [7, 11) is 0. The fourth-order valence-electron chi connectivity index (χ4n) is 3.42. The van der Waals surface area contributed by atoms with Crippen LogP contribution in [0.5, 0.6) is 0 Å². The molecule has 0 aliphatic heterocycles. The third-order valence-corrected chi connectivity index (χ3v) is 6.00. The van der Waals surface area contributed by atoms with Crippen molar-refractivity contribution >= 4 is 34.8 Å². The molecule has 34 heavy (non-hydrogen) atoms. The molecule has 0 spiro atoms. The van der Waals surface area contributed by atoms with Gasteiger partial charge in [0, 0.05) is 22.6 Å². The quantitative estimate of drug-likeness (QED) is 0.260. The Hall–Kier alpha value is -3.91. The Kier molecular flexibility index (Phi) is 7.39. The van der Waals surface area contributed by atoms with Crippen molar-refractivity contribution in [3.63, 3.8) is 0 Å². The third-order valence-electron chi connectivity index (χ3n) is 5.07. The topological polar surface area (TPSA) is 88.9 Å². The minimum absolute atomic E-state index is 0.0479. The van der Waals surface area contributed by atoms with Gasteiger partial charge in [-0.2, -0.15) is 0 Å². The number of thioether (sulfide) groups is 1. The molecule has 0 aliphatic rings. The summed E-state index contributed by atoms with van der Waals surface area (Å²) in [5.41, 5.74) is 4.24. The van der Waals surface area contributed by atoms with Gasteiger partial charge >= 0.3 is 0 Å². The number of rotatable bonds is 9. The second-order valence-electron chi connectivity index (χ2n) is 7.77. The fourth-order valence-corrected chi connectivity index (χ4v) is 4.19. The van der Waals surface area contributed by atoms with Crippen LogP contribution in [0.4, 0.5) is 11.4 Å². The zero-order valence-electron chi connectivity index (χ0n) is 19.0. The van der Waals surface area contributed by atoms with Crippen molar-refractivity contribution in [1.29, 1.82) is 0 Å². The molecule has 1 heterocycles. The van der Waals surface area contributed by atoms with Crippen LogP contribution in [0.3, 0.4) is 0 Å². The molecule has 0 unspecified atom stereocenters. The van der Waals surface area contributed by atoms with E-state index >= 15 is 0 Å². The van der Waals surface area contributed by atoms with Crippen molar-refractivity contribution in [2.24, 2.45) is 0 Å². The van der Waals surface area contributed by atoms with E-state index in [0.717, 1.165) is 17.2 Å². The van der Waals surface area contributed by atoms with E-state index in [1.165, 1.54) is 24.2 Å². The summed E-state index contributed by atoms with van der Waals surface area (Å²) in [4.78, 5) is 24.2. The van der Waals surface area contributed by atoms with Crippen LogP contribution in [-0.2, 0) is 11.3 Å². The van der Waals surface area contributed by atoms with Gasteiger partial charge in [0.2, 0.25) is 5.91 Å². The number of aromatic nitrogens is 3. The molecule has 0 saturated heterocycles. The minimum Gasteiger partial charge on any atom is -0.378 e. The molecule has 0 radical (unpaired) electrons. The summed E-state index contributed by atoms with van der Waals surface area (Å²) >= 11 is 1.31. The highest BCUT2D eigenvalue weighted by Crippen LogP contribution is 2.23. The van der Waals surface area contributed by atoms with E-state index in [1.54, 1.807) is 24.3 Å². The van der Waals surface area contributed by atoms with Crippen molar-refractivity contribution in [2.45, 2.75) is 25.5 Å². The van der Waals surface area contributed by atoms with Gasteiger partial charge in [-0.25, -0.2) is 0 Å². The third kappa shape index (κ3) is 5.90. The standard InChI is InChI=1S/C26H25N5O2S/c1-18-8-6-10-21(14-18)27-16-24-29-30-26(31(24)23-12-4-3-5-13-23)34-17-25(33)28-22-11-7-9-20(15-22)19(2)32/h3-15,27H,16-17H2,1-2H3,(H,28,33). The number of amides is 1. The number of hydrogen-bond acceptors (Lipinski definition) is 6. The maximum Gasteiger partial charge on any atom is 0.234 e. The summed E-state index contributed by atoms with van der Waals surface area (Å²) in [6.45, 7) is 4.03.